The minimum atomic E-state index is -4.76. The molecule has 0 aliphatic rings. The Bertz CT molecular complexity index is 2840. The van der Waals surface area contributed by atoms with Gasteiger partial charge in [0.1, 0.15) is 37.8 Å². The molecule has 2 N–H and O–H groups in total. The van der Waals surface area contributed by atoms with E-state index in [1.807, 2.05) is 36.4 Å². The summed E-state index contributed by atoms with van der Waals surface area (Å²) in [6.45, 7) is 0. The second kappa shape index (κ2) is 16.4. The molecule has 0 heterocycles. The SMILES string of the molecule is O=S(=O)(O)c1ccc2ccccc2c1N=Nc1c(O)ccc2ccccc12.O=S(=O)([O-])c1ccc2ccccc2c1N=Nc1c([O-])ccc2ccccc12.[Ba+2]. The van der Waals surface area contributed by atoms with Gasteiger partial charge in [-0.3, -0.25) is 4.55 Å². The van der Waals surface area contributed by atoms with Crippen LogP contribution in [0.4, 0.5) is 22.7 Å². The van der Waals surface area contributed by atoms with Crippen LogP contribution >= 0.6 is 0 Å². The number of rotatable bonds is 6. The van der Waals surface area contributed by atoms with Gasteiger partial charge in [-0.1, -0.05) is 133 Å². The molecule has 0 saturated carbocycles. The van der Waals surface area contributed by atoms with Crippen molar-refractivity contribution < 1.29 is 36.2 Å². The van der Waals surface area contributed by atoms with E-state index >= 15 is 0 Å². The Hall–Kier alpha value is -5.01. The van der Waals surface area contributed by atoms with E-state index in [1.165, 1.54) is 30.3 Å². The zero-order valence-corrected chi connectivity index (χ0v) is 34.6. The van der Waals surface area contributed by atoms with Crippen LogP contribution in [0.3, 0.4) is 0 Å². The first-order valence-corrected chi connectivity index (χ1v) is 18.9. The molecule has 0 fully saturated rings. The van der Waals surface area contributed by atoms with Gasteiger partial charge in [0, 0.05) is 21.5 Å². The minimum Gasteiger partial charge on any atom is -0.871 e. The van der Waals surface area contributed by atoms with Gasteiger partial charge in [0.25, 0.3) is 10.1 Å². The van der Waals surface area contributed by atoms with Crippen molar-refractivity contribution in [3.8, 4) is 11.5 Å². The average Bonchev–Trinajstić information content (AvgIpc) is 3.16. The van der Waals surface area contributed by atoms with Crippen molar-refractivity contribution in [2.75, 3.05) is 0 Å². The Balaban J connectivity index is 0.000000184. The van der Waals surface area contributed by atoms with Gasteiger partial charge in [-0.15, -0.1) is 15.3 Å². The fourth-order valence-corrected chi connectivity index (χ4v) is 7.23. The van der Waals surface area contributed by atoms with Crippen molar-refractivity contribution in [1.82, 2.24) is 0 Å². The number of azo groups is 2. The molecular weight excluding hydrogens is 866 g/mol. The molecule has 0 unspecified atom stereocenters. The summed E-state index contributed by atoms with van der Waals surface area (Å²) in [4.78, 5) is -0.817. The maximum absolute atomic E-state index is 12.3. The standard InChI is InChI=1S/2C20H14N2O4S.Ba/c2*23-17-11-9-13-5-1-3-7-15(13)19(17)21-22-20-16-8-4-2-6-14(16)10-12-18(20)27(24,25)26;/h2*1-12,23H,(H,24,25,26);/q;;+2/p-2. The summed E-state index contributed by atoms with van der Waals surface area (Å²) >= 11 is 0. The van der Waals surface area contributed by atoms with Crippen molar-refractivity contribution >= 4 is 135 Å². The van der Waals surface area contributed by atoms with Gasteiger partial charge in [0.15, 0.2) is 0 Å². The second-order valence-electron chi connectivity index (χ2n) is 11.9. The van der Waals surface area contributed by atoms with Gasteiger partial charge >= 0.3 is 48.9 Å². The Morgan fingerprint density at radius 2 is 0.782 bits per heavy atom. The third kappa shape index (κ3) is 8.47. The van der Waals surface area contributed by atoms with Crippen molar-refractivity contribution in [3.63, 3.8) is 0 Å². The summed E-state index contributed by atoms with van der Waals surface area (Å²) < 4.78 is 68.2. The van der Waals surface area contributed by atoms with Crippen molar-refractivity contribution in [2.24, 2.45) is 20.5 Å². The molecule has 12 nitrogen and oxygen atoms in total. The van der Waals surface area contributed by atoms with E-state index in [4.69, 9.17) is 0 Å². The topological polar surface area (TPSA) is 204 Å². The Morgan fingerprint density at radius 1 is 0.436 bits per heavy atom. The number of aromatic hydroxyl groups is 1. The smallest absolute Gasteiger partial charge is 0.871 e. The van der Waals surface area contributed by atoms with Crippen molar-refractivity contribution in [1.29, 1.82) is 0 Å². The van der Waals surface area contributed by atoms with Crippen LogP contribution in [0.5, 0.6) is 11.5 Å². The first-order chi connectivity index (χ1) is 25.9. The van der Waals surface area contributed by atoms with Gasteiger partial charge in [0.2, 0.25) is 0 Å². The van der Waals surface area contributed by atoms with E-state index in [0.717, 1.165) is 16.2 Å². The zero-order chi connectivity index (χ0) is 38.0. The molecule has 15 heteroatoms. The van der Waals surface area contributed by atoms with Crippen LogP contribution in [0, 0.1) is 0 Å². The molecule has 0 aliphatic heterocycles. The fraction of sp³-hybridized carbons (Fsp3) is 0. The molecule has 0 amide bonds. The fourth-order valence-electron chi connectivity index (χ4n) is 5.97. The number of fused-ring (bicyclic) bond motifs is 4. The normalized spacial score (nSPS) is 12.0. The minimum absolute atomic E-state index is 0. The van der Waals surface area contributed by atoms with E-state index in [1.54, 1.807) is 78.9 Å². The largest absolute Gasteiger partial charge is 2.00 e. The van der Waals surface area contributed by atoms with Gasteiger partial charge in [-0.25, -0.2) is 8.42 Å². The third-order valence-electron chi connectivity index (χ3n) is 8.52. The first kappa shape index (κ1) is 39.7. The average molecular weight is 892 g/mol. The Labute approximate surface area is 355 Å². The van der Waals surface area contributed by atoms with Gasteiger partial charge in [0.05, 0.1) is 10.6 Å². The van der Waals surface area contributed by atoms with Gasteiger partial charge in [-0.2, -0.15) is 13.5 Å². The van der Waals surface area contributed by atoms with Crippen LogP contribution in [0.15, 0.2) is 176 Å². The molecule has 0 radical (unpaired) electrons. The maximum Gasteiger partial charge on any atom is 2.00 e. The number of phenolic OH excluding ortho intramolecular Hbond substituents is 1. The Kier molecular flexibility index (Phi) is 11.8. The molecule has 268 valence electrons. The van der Waals surface area contributed by atoms with E-state index in [0.29, 0.717) is 26.9 Å². The molecule has 8 aromatic carbocycles. The molecule has 0 bridgehead atoms. The summed E-state index contributed by atoms with van der Waals surface area (Å²) in [6, 6.07) is 40.4. The van der Waals surface area contributed by atoms with E-state index < -0.39 is 25.1 Å². The van der Waals surface area contributed by atoms with Crippen LogP contribution in [0.1, 0.15) is 0 Å². The van der Waals surface area contributed by atoms with Crippen molar-refractivity contribution in [2.45, 2.75) is 9.79 Å². The molecule has 0 aliphatic carbocycles. The zero-order valence-electron chi connectivity index (χ0n) is 28.5. The summed E-state index contributed by atoms with van der Waals surface area (Å²) in [7, 11) is -9.26. The molecule has 8 aromatic rings. The predicted octanol–water partition coefficient (Wildman–Crippen LogP) is 9.37. The van der Waals surface area contributed by atoms with E-state index in [9.17, 15) is 36.2 Å². The van der Waals surface area contributed by atoms with Crippen molar-refractivity contribution in [3.05, 3.63) is 146 Å². The molecule has 0 aromatic heterocycles. The number of hydrogen-bond donors (Lipinski definition) is 2. The molecule has 0 atom stereocenters. The van der Waals surface area contributed by atoms with Crippen LogP contribution in [-0.2, 0) is 20.2 Å². The summed E-state index contributed by atoms with van der Waals surface area (Å²) in [6.07, 6.45) is 0. The quantitative estimate of drug-likeness (QED) is 0.0933. The van der Waals surface area contributed by atoms with Crippen LogP contribution in [0.2, 0.25) is 0 Å². The molecular formula is C40H26BaN4O8S2. The molecule has 0 saturated heterocycles. The molecule has 55 heavy (non-hydrogen) atoms. The van der Waals surface area contributed by atoms with E-state index in [-0.39, 0.29) is 88.0 Å². The summed E-state index contributed by atoms with van der Waals surface area (Å²) in [5.41, 5.74) is 0.260. The van der Waals surface area contributed by atoms with Crippen LogP contribution < -0.4 is 5.11 Å². The summed E-state index contributed by atoms with van der Waals surface area (Å²) in [5, 5.41) is 44.2. The molecule has 8 rings (SSSR count). The first-order valence-electron chi connectivity index (χ1n) is 16.1. The summed E-state index contributed by atoms with van der Waals surface area (Å²) in [5.74, 6) is -0.421. The number of phenols is 1. The monoisotopic (exact) mass is 892 g/mol. The second-order valence-corrected chi connectivity index (χ2v) is 14.6. The molecule has 0 spiro atoms. The predicted molar refractivity (Wildman–Crippen MR) is 209 cm³/mol. The number of benzene rings is 8. The number of hydrogen-bond acceptors (Lipinski definition) is 11. The van der Waals surface area contributed by atoms with E-state index in [2.05, 4.69) is 20.5 Å². The third-order valence-corrected chi connectivity index (χ3v) is 10.3. The van der Waals surface area contributed by atoms with Crippen LogP contribution in [0.25, 0.3) is 43.1 Å². The van der Waals surface area contributed by atoms with Gasteiger partial charge < -0.3 is 14.8 Å². The maximum atomic E-state index is 12.3. The van der Waals surface area contributed by atoms with Gasteiger partial charge in [-0.05, 0) is 39.7 Å². The Morgan fingerprint density at radius 3 is 1.25 bits per heavy atom. The number of nitrogens with zero attached hydrogens (tertiary/aromatic N) is 4. The van der Waals surface area contributed by atoms with Crippen LogP contribution in [-0.4, -0.2) is 79.9 Å².